The molecule has 0 aliphatic rings. The molecule has 0 saturated carbocycles. The molecule has 6 aromatic carbocycles. The monoisotopic (exact) mass is 1190 g/mol. The summed E-state index contributed by atoms with van der Waals surface area (Å²) in [4.78, 5) is 20.8. The maximum atomic E-state index is 12.5. The van der Waals surface area contributed by atoms with Crippen LogP contribution in [0.25, 0.3) is 21.5 Å². The fourth-order valence-electron chi connectivity index (χ4n) is 6.65. The number of hydrogen-bond donors (Lipinski definition) is 8. The first-order valence-corrected chi connectivity index (χ1v) is 29.1. The Morgan fingerprint density at radius 1 is 0.520 bits per heavy atom. The maximum absolute atomic E-state index is 12.5. The van der Waals surface area contributed by atoms with Gasteiger partial charge in [0.05, 0.1) is 28.4 Å². The number of aryl methyl sites for hydroxylation is 1. The van der Waals surface area contributed by atoms with Gasteiger partial charge in [0.25, 0.3) is 40.5 Å². The fourth-order valence-corrected chi connectivity index (χ4v) is 11.2. The summed E-state index contributed by atoms with van der Waals surface area (Å²) in [7, 11) is -20.9. The fraction of sp³-hybridized carbons (Fsp3) is 0.128. The minimum atomic E-state index is -5.36. The number of nitrogens with zero attached hydrogens (tertiary/aromatic N) is 6. The van der Waals surface area contributed by atoms with Crippen molar-refractivity contribution in [1.82, 2.24) is 0 Å². The molecule has 398 valence electrons. The highest BCUT2D eigenvalue weighted by Gasteiger charge is 2.29. The molecule has 0 heterocycles. The summed E-state index contributed by atoms with van der Waals surface area (Å²) >= 11 is 6.22. The first-order valence-electron chi connectivity index (χ1n) is 19.8. The number of azo groups is 3. The smallest absolute Gasteiger partial charge is 0.297 e. The van der Waals surface area contributed by atoms with Gasteiger partial charge in [0.15, 0.2) is 33.7 Å². The number of benzene rings is 6. The van der Waals surface area contributed by atoms with E-state index in [2.05, 4.69) is 49.7 Å². The highest BCUT2D eigenvalue weighted by molar-refractivity contribution is 7.87. The van der Waals surface area contributed by atoms with E-state index in [4.69, 9.17) is 23.2 Å². The van der Waals surface area contributed by atoms with Crippen molar-refractivity contribution in [1.29, 1.82) is 0 Å². The van der Waals surface area contributed by atoms with Gasteiger partial charge in [-0.05, 0) is 91.3 Å². The van der Waals surface area contributed by atoms with Crippen molar-refractivity contribution in [3.63, 3.8) is 0 Å². The summed E-state index contributed by atoms with van der Waals surface area (Å²) in [5.74, 6) is -5.46. The number of alkyl halides is 2. The van der Waals surface area contributed by atoms with Gasteiger partial charge < -0.3 is 20.8 Å². The van der Waals surface area contributed by atoms with Gasteiger partial charge in [0.2, 0.25) is 11.8 Å². The molecule has 75 heavy (non-hydrogen) atoms. The van der Waals surface area contributed by atoms with Crippen molar-refractivity contribution in [3.8, 4) is 11.5 Å². The zero-order chi connectivity index (χ0) is 55.4. The normalized spacial score (nSPS) is 13.5. The molecule has 6 rings (SSSR count). The Hall–Kier alpha value is -6.38. The number of hydrogen-bond acceptors (Lipinski definition) is 22. The first kappa shape index (κ1) is 57.9. The van der Waals surface area contributed by atoms with E-state index in [1.807, 2.05) is 0 Å². The molecule has 0 aromatic heterocycles. The van der Waals surface area contributed by atoms with E-state index in [9.17, 15) is 80.1 Å². The number of rotatable bonds is 20. The van der Waals surface area contributed by atoms with Crippen molar-refractivity contribution < 1.29 is 88.5 Å². The molecule has 2 unspecified atom stereocenters. The largest absolute Gasteiger partial charge is 0.505 e. The lowest BCUT2D eigenvalue weighted by molar-refractivity contribution is -0.114. The average molecular weight is 1200 g/mol. The first-order chi connectivity index (χ1) is 35.0. The molecule has 8 N–H and O–H groups in total. The summed E-state index contributed by atoms with van der Waals surface area (Å²) in [5.41, 5.74) is -2.94. The molecule has 0 bridgehead atoms. The van der Waals surface area contributed by atoms with Crippen molar-refractivity contribution in [2.75, 3.05) is 34.3 Å². The zero-order valence-corrected chi connectivity index (χ0v) is 43.5. The van der Waals surface area contributed by atoms with Crippen molar-refractivity contribution in [2.45, 2.75) is 26.5 Å². The summed E-state index contributed by atoms with van der Waals surface area (Å²) in [6.07, 6.45) is 0. The Labute approximate surface area is 437 Å². The van der Waals surface area contributed by atoms with Crippen LogP contribution in [-0.4, -0.2) is 106 Å². The molecular formula is C39H32Cl2N8O20S6. The second kappa shape index (κ2) is 23.2. The average Bonchev–Trinajstić information content (AvgIpc) is 3.29. The number of fused-ring (bicyclic) bond motifs is 2. The molecule has 0 radical (unpaired) electrons. The number of halogens is 2. The molecule has 0 aliphatic heterocycles. The van der Waals surface area contributed by atoms with Crippen LogP contribution in [0.15, 0.2) is 129 Å². The van der Waals surface area contributed by atoms with E-state index in [1.54, 1.807) is 0 Å². The van der Waals surface area contributed by atoms with Gasteiger partial charge in [-0.1, -0.05) is 23.2 Å². The van der Waals surface area contributed by atoms with Gasteiger partial charge >= 0.3 is 0 Å². The van der Waals surface area contributed by atoms with Gasteiger partial charge in [-0.3, -0.25) is 36.2 Å². The Morgan fingerprint density at radius 2 is 0.933 bits per heavy atom. The molecule has 0 fully saturated rings. The lowest BCUT2D eigenvalue weighted by atomic mass is 10.0. The van der Waals surface area contributed by atoms with Crippen LogP contribution in [0.5, 0.6) is 11.5 Å². The van der Waals surface area contributed by atoms with Crippen LogP contribution in [-0.2, 0) is 80.6 Å². The number of phenolic OH excluding ortho intramolecular Hbond substituents is 2. The molecule has 2 atom stereocenters. The predicted octanol–water partition coefficient (Wildman–Crippen LogP) is 7.58. The summed E-state index contributed by atoms with van der Waals surface area (Å²) in [6.45, 7) is 1.34. The number of carbonyl (C=O) groups is 2. The van der Waals surface area contributed by atoms with Crippen LogP contribution in [0.4, 0.5) is 45.5 Å². The minimum absolute atomic E-state index is 0.0129. The molecule has 0 saturated heterocycles. The van der Waals surface area contributed by atoms with Crippen molar-refractivity contribution in [3.05, 3.63) is 84.4 Å². The van der Waals surface area contributed by atoms with Gasteiger partial charge in [-0.15, -0.1) is 15.3 Å². The van der Waals surface area contributed by atoms with Gasteiger partial charge in [0, 0.05) is 21.5 Å². The van der Waals surface area contributed by atoms with Gasteiger partial charge in [-0.25, -0.2) is 8.42 Å². The molecule has 28 nitrogen and oxygen atoms in total. The number of nitrogens with one attached hydrogen (secondary N) is 2. The predicted molar refractivity (Wildman–Crippen MR) is 268 cm³/mol. The van der Waals surface area contributed by atoms with Crippen LogP contribution < -0.4 is 10.6 Å². The van der Waals surface area contributed by atoms with E-state index in [-0.39, 0.29) is 39.1 Å². The van der Waals surface area contributed by atoms with E-state index >= 15 is 0 Å². The van der Waals surface area contributed by atoms with Crippen LogP contribution >= 0.6 is 23.2 Å². The van der Waals surface area contributed by atoms with Gasteiger partial charge in [-0.2, -0.15) is 49.0 Å². The third-order valence-corrected chi connectivity index (χ3v) is 15.6. The molecule has 6 aromatic rings. The molecule has 36 heteroatoms. The Bertz CT molecular complexity index is 3940. The Morgan fingerprint density at radius 3 is 1.39 bits per heavy atom. The van der Waals surface area contributed by atoms with E-state index in [0.29, 0.717) is 6.07 Å². The third kappa shape index (κ3) is 14.1. The summed E-state index contributed by atoms with van der Waals surface area (Å²) in [6, 6.07) is 12.9. The molecule has 0 aliphatic carbocycles. The number of amides is 2. The minimum Gasteiger partial charge on any atom is -0.505 e. The standard InChI is InChI=1S/C39H32Cl2N8O20S6/c1-19-12-25-23(7-10-28(38(25)74(62,63)64)42-32(50)15-70(54)68-17-40)36(52)34(19)48-47-27-9-6-22(13-30(27)72(56,57)58)46-44-20-2-4-21(5-3-20)45-49-35-31(73(59,60)61)14-26-24(37(35)53)8-11-29(39(26)75(65,66)67)43-33(51)16-71(55)69-18-41/h2-14,52-53H,15-18H2,1H3,(H,42,50)(H,43,51)(H,56,57,58)(H,59,60,61)(H,62,63,64)(H,65,66,67). The van der Waals surface area contributed by atoms with E-state index < -0.39 is 163 Å². The SMILES string of the molecule is Cc1cc2c(S(=O)(=O)O)c(NC(=O)CS(=O)OCCl)ccc2c(O)c1N=Nc1ccc(N=Nc2ccc(N=Nc3c(S(=O)(=O)O)cc4c(S(=O)(=O)O)c(NC(=O)CS(=O)OCCl)ccc4c3O)cc2)cc1S(=O)(=O)O. The molecular weight excluding hydrogens is 1160 g/mol. The summed E-state index contributed by atoms with van der Waals surface area (Å²) < 4.78 is 173. The summed E-state index contributed by atoms with van der Waals surface area (Å²) in [5, 5.41) is 48.2. The Kier molecular flexibility index (Phi) is 17.9. The Balaban J connectivity index is 1.26. The molecule has 2 amide bonds. The number of anilines is 2. The van der Waals surface area contributed by atoms with Crippen LogP contribution in [0, 0.1) is 6.92 Å². The number of carbonyl (C=O) groups excluding carboxylic acids is 2. The van der Waals surface area contributed by atoms with Crippen LogP contribution in [0.2, 0.25) is 0 Å². The quantitative estimate of drug-likeness (QED) is 0.0207. The van der Waals surface area contributed by atoms with E-state index in [0.717, 1.165) is 42.5 Å². The number of aromatic hydroxyl groups is 2. The lowest BCUT2D eigenvalue weighted by Crippen LogP contribution is -2.21. The second-order valence-electron chi connectivity index (χ2n) is 14.7. The highest BCUT2D eigenvalue weighted by atomic mass is 35.5. The van der Waals surface area contributed by atoms with E-state index in [1.165, 1.54) is 37.3 Å². The topological polar surface area (TPSA) is 443 Å². The van der Waals surface area contributed by atoms with Crippen LogP contribution in [0.1, 0.15) is 5.56 Å². The molecule has 0 spiro atoms. The van der Waals surface area contributed by atoms with Crippen LogP contribution in [0.3, 0.4) is 0 Å². The second-order valence-corrected chi connectivity index (χ2v) is 22.8. The number of phenols is 2. The zero-order valence-electron chi connectivity index (χ0n) is 37.1. The van der Waals surface area contributed by atoms with Crippen molar-refractivity contribution >= 4 is 165 Å². The third-order valence-electron chi connectivity index (χ3n) is 9.66. The van der Waals surface area contributed by atoms with Gasteiger partial charge in [0.1, 0.15) is 60.3 Å². The maximum Gasteiger partial charge on any atom is 0.297 e. The lowest BCUT2D eigenvalue weighted by Gasteiger charge is -2.15. The van der Waals surface area contributed by atoms with Crippen molar-refractivity contribution in [2.24, 2.45) is 30.7 Å². The highest BCUT2D eigenvalue weighted by Crippen LogP contribution is 2.46.